The number of halogens is 4. The maximum Gasteiger partial charge on any atom is 0.251 e. The second-order valence-electron chi connectivity index (χ2n) is 9.75. The van der Waals surface area contributed by atoms with Crippen molar-refractivity contribution in [1.82, 2.24) is 20.2 Å². The van der Waals surface area contributed by atoms with Gasteiger partial charge in [0.2, 0.25) is 5.91 Å². The second-order valence-corrected chi connectivity index (χ2v) is 9.75. The highest BCUT2D eigenvalue weighted by Gasteiger charge is 2.63. The van der Waals surface area contributed by atoms with Gasteiger partial charge in [-0.3, -0.25) is 9.59 Å². The molecular weight excluding hydrogens is 478 g/mol. The first-order valence-electron chi connectivity index (χ1n) is 11.6. The molecule has 196 valence electrons. The third-order valence-corrected chi connectivity index (χ3v) is 7.07. The molecule has 7 nitrogen and oxygen atoms in total. The summed E-state index contributed by atoms with van der Waals surface area (Å²) >= 11 is 0. The number of aromatic nitrogens is 2. The van der Waals surface area contributed by atoms with Crippen molar-refractivity contribution in [3.8, 4) is 0 Å². The van der Waals surface area contributed by atoms with Crippen LogP contribution >= 0.6 is 0 Å². The van der Waals surface area contributed by atoms with Gasteiger partial charge in [-0.1, -0.05) is 6.07 Å². The topological polar surface area (TPSA) is 101 Å². The number of aryl methyl sites for hydroxylation is 1. The molecule has 0 saturated heterocycles. The third-order valence-electron chi connectivity index (χ3n) is 7.07. The summed E-state index contributed by atoms with van der Waals surface area (Å²) in [4.78, 5) is 34.1. The van der Waals surface area contributed by atoms with E-state index < -0.39 is 52.3 Å². The fraction of sp³-hybridized carbons (Fsp3) is 0.520. The molecule has 1 aromatic carbocycles. The van der Waals surface area contributed by atoms with Gasteiger partial charge in [0.15, 0.2) is 11.6 Å². The van der Waals surface area contributed by atoms with E-state index in [1.807, 2.05) is 0 Å². The van der Waals surface area contributed by atoms with Crippen molar-refractivity contribution in [2.75, 3.05) is 20.6 Å². The summed E-state index contributed by atoms with van der Waals surface area (Å²) in [5.41, 5.74) is 3.67. The van der Waals surface area contributed by atoms with Gasteiger partial charge in [0, 0.05) is 42.7 Å². The molecule has 2 atom stereocenters. The molecule has 36 heavy (non-hydrogen) atoms. The molecule has 2 amide bonds. The van der Waals surface area contributed by atoms with Gasteiger partial charge in [-0.2, -0.15) is 0 Å². The molecule has 11 heteroatoms. The Morgan fingerprint density at radius 1 is 1.17 bits per heavy atom. The molecule has 3 rings (SSSR count). The zero-order valence-corrected chi connectivity index (χ0v) is 20.7. The maximum absolute atomic E-state index is 14.6. The smallest absolute Gasteiger partial charge is 0.251 e. The minimum atomic E-state index is -2.99. The lowest BCUT2D eigenvalue weighted by Crippen LogP contribution is -2.43. The Balaban J connectivity index is 1.73. The van der Waals surface area contributed by atoms with E-state index in [4.69, 9.17) is 5.73 Å². The number of nitrogens with zero attached hydrogens (tertiary/aromatic N) is 3. The number of nitrogens with one attached hydrogen (secondary N) is 1. The Labute approximate surface area is 207 Å². The van der Waals surface area contributed by atoms with E-state index in [-0.39, 0.29) is 37.8 Å². The van der Waals surface area contributed by atoms with Crippen molar-refractivity contribution in [3.63, 3.8) is 0 Å². The molecule has 0 aliphatic heterocycles. The molecule has 0 spiro atoms. The van der Waals surface area contributed by atoms with E-state index in [2.05, 4.69) is 15.3 Å². The van der Waals surface area contributed by atoms with Crippen LogP contribution in [0.4, 0.5) is 17.6 Å². The van der Waals surface area contributed by atoms with Gasteiger partial charge in [-0.05, 0) is 64.4 Å². The fourth-order valence-electron chi connectivity index (χ4n) is 4.56. The molecule has 0 unspecified atom stereocenters. The first-order chi connectivity index (χ1) is 16.8. The number of hydrogen-bond donors (Lipinski definition) is 2. The minimum absolute atomic E-state index is 0.0164. The van der Waals surface area contributed by atoms with E-state index in [0.717, 1.165) is 13.0 Å². The van der Waals surface area contributed by atoms with E-state index in [1.165, 1.54) is 18.5 Å². The van der Waals surface area contributed by atoms with Crippen LogP contribution in [-0.4, -0.2) is 59.3 Å². The van der Waals surface area contributed by atoms with Crippen LogP contribution < -0.4 is 11.1 Å². The molecule has 1 heterocycles. The van der Waals surface area contributed by atoms with E-state index >= 15 is 0 Å². The van der Waals surface area contributed by atoms with Crippen molar-refractivity contribution in [1.29, 1.82) is 0 Å². The van der Waals surface area contributed by atoms with Gasteiger partial charge in [0.25, 0.3) is 11.8 Å². The molecular formula is C25H31F4N5O2. The summed E-state index contributed by atoms with van der Waals surface area (Å²) in [6, 6.07) is 1.96. The zero-order valence-electron chi connectivity index (χ0n) is 20.7. The number of primary amides is 1. The van der Waals surface area contributed by atoms with Gasteiger partial charge in [-0.15, -0.1) is 0 Å². The number of hydrogen-bond acceptors (Lipinski definition) is 5. The highest BCUT2D eigenvalue weighted by Crippen LogP contribution is 2.65. The van der Waals surface area contributed by atoms with Crippen molar-refractivity contribution >= 4 is 11.8 Å². The maximum atomic E-state index is 14.6. The van der Waals surface area contributed by atoms with Crippen molar-refractivity contribution in [3.05, 3.63) is 58.7 Å². The number of carbonyl (C=O) groups excluding carboxylic acids is 2. The lowest BCUT2D eigenvalue weighted by atomic mass is 9.78. The van der Waals surface area contributed by atoms with Crippen molar-refractivity contribution < 1.29 is 27.2 Å². The second kappa shape index (κ2) is 10.5. The predicted octanol–water partition coefficient (Wildman–Crippen LogP) is 3.36. The number of nitrogens with two attached hydrogens (primary N) is 1. The number of benzene rings is 1. The van der Waals surface area contributed by atoms with Crippen LogP contribution in [0.25, 0.3) is 0 Å². The van der Waals surface area contributed by atoms with E-state index in [9.17, 15) is 27.2 Å². The molecule has 1 aliphatic carbocycles. The van der Waals surface area contributed by atoms with Gasteiger partial charge in [0.1, 0.15) is 5.82 Å². The average molecular weight is 510 g/mol. The quantitative estimate of drug-likeness (QED) is 0.453. The number of likely N-dealkylation sites (N-methyl/N-ethyl adjacent to an activating group) is 1. The lowest BCUT2D eigenvalue weighted by molar-refractivity contribution is -0.123. The van der Waals surface area contributed by atoms with E-state index in [0.29, 0.717) is 11.4 Å². The fourth-order valence-corrected chi connectivity index (χ4v) is 4.56. The van der Waals surface area contributed by atoms with Crippen molar-refractivity contribution in [2.45, 2.75) is 57.4 Å². The van der Waals surface area contributed by atoms with Crippen LogP contribution in [-0.2, 0) is 11.2 Å². The van der Waals surface area contributed by atoms with Crippen molar-refractivity contribution in [2.24, 2.45) is 11.1 Å². The molecule has 1 saturated carbocycles. The van der Waals surface area contributed by atoms with Crippen LogP contribution in [0.15, 0.2) is 24.5 Å². The Morgan fingerprint density at radius 2 is 1.78 bits per heavy atom. The Kier molecular flexibility index (Phi) is 8.02. The van der Waals surface area contributed by atoms with Crippen LogP contribution in [0.3, 0.4) is 0 Å². The average Bonchev–Trinajstić information content (AvgIpc) is 3.60. The Hall–Kier alpha value is -3.08. The Morgan fingerprint density at radius 3 is 2.28 bits per heavy atom. The molecule has 3 N–H and O–H groups in total. The van der Waals surface area contributed by atoms with Crippen LogP contribution in [0, 0.1) is 24.0 Å². The van der Waals surface area contributed by atoms with Gasteiger partial charge in [0.05, 0.1) is 5.56 Å². The van der Waals surface area contributed by atoms with Gasteiger partial charge >= 0.3 is 0 Å². The Bertz CT molecular complexity index is 1110. The highest BCUT2D eigenvalue weighted by molar-refractivity contribution is 5.93. The summed E-state index contributed by atoms with van der Waals surface area (Å²) in [5, 5.41) is 2.75. The monoisotopic (exact) mass is 509 g/mol. The highest BCUT2D eigenvalue weighted by atomic mass is 19.3. The molecule has 1 fully saturated rings. The summed E-state index contributed by atoms with van der Waals surface area (Å²) < 4.78 is 57.8. The summed E-state index contributed by atoms with van der Waals surface area (Å²) in [6.45, 7) is 2.63. The molecule has 1 aliphatic rings. The van der Waals surface area contributed by atoms with E-state index in [1.54, 1.807) is 25.9 Å². The lowest BCUT2D eigenvalue weighted by Gasteiger charge is -2.32. The predicted molar refractivity (Wildman–Crippen MR) is 125 cm³/mol. The molecule has 0 bridgehead atoms. The minimum Gasteiger partial charge on any atom is -0.366 e. The number of carbonyl (C=O) groups is 2. The molecule has 1 aromatic heterocycles. The normalized spacial score (nSPS) is 16.5. The molecule has 0 radical (unpaired) electrons. The van der Waals surface area contributed by atoms with Crippen LogP contribution in [0.1, 0.15) is 59.4 Å². The van der Waals surface area contributed by atoms with Gasteiger partial charge in [-0.25, -0.2) is 27.5 Å². The first-order valence-corrected chi connectivity index (χ1v) is 11.6. The summed E-state index contributed by atoms with van der Waals surface area (Å²) in [5.74, 6) is -7.29. The summed E-state index contributed by atoms with van der Waals surface area (Å²) in [7, 11) is 3.43. The first kappa shape index (κ1) is 27.5. The largest absolute Gasteiger partial charge is 0.366 e. The van der Waals surface area contributed by atoms with Crippen LogP contribution in [0.2, 0.25) is 0 Å². The summed E-state index contributed by atoms with van der Waals surface area (Å²) in [6.07, 6.45) is 3.39. The van der Waals surface area contributed by atoms with Crippen LogP contribution in [0.5, 0.6) is 0 Å². The number of amides is 2. The van der Waals surface area contributed by atoms with Gasteiger partial charge < -0.3 is 16.0 Å². The SMILES string of the molecule is Cc1ncc([C@@H](CC(=O)NC[C@H](Cc2ccc(C(N)=O)c(F)c2F)N(C)C)C2(C(C)(F)F)CC2)cn1. The standard InChI is InChI=1S/C25H31F4N5O2/c1-14-31-11-16(12-32-14)19(25(7-8-25)24(2,28)29)10-20(35)33-13-17(34(3)4)9-15-5-6-18(23(30)36)22(27)21(15)26/h5-6,11-12,17,19H,7-10,13H2,1-4H3,(H2,30,36)(H,33,35)/t17-,19+/m0/s1. The number of alkyl halides is 2. The number of rotatable bonds is 11. The third kappa shape index (κ3) is 5.83. The zero-order chi connectivity index (χ0) is 26.8. The molecule has 2 aromatic rings.